The van der Waals surface area contributed by atoms with Gasteiger partial charge in [-0.3, -0.25) is 4.79 Å². The van der Waals surface area contributed by atoms with Gasteiger partial charge >= 0.3 is 12.7 Å². The van der Waals surface area contributed by atoms with Gasteiger partial charge in [-0.15, -0.1) is 0 Å². The molecule has 10 nitrogen and oxygen atoms in total. The molecule has 2 aliphatic heterocycles. The molecule has 1 fully saturated rings. The molecule has 3 aliphatic rings. The monoisotopic (exact) mass is 602 g/mol. The standard InChI is InChI=1S/C32H32F2N6O4/c1-31(2,3)44-30(42)38-32(11-6-12-32)28-35-15-18(16-36-28)17-9-10-20-21(13-17)40-22-14-23(26(40)37-20)39(4)27(41)19-7-5-8-24(25(19)22)43-29(33)34/h5,7-10,13,15-16,22-23,29H,6,11-12,14H2,1-4H3,(H,38,42)/t22-,23-/m1/s1. The number of imidazole rings is 1. The lowest BCUT2D eigenvalue weighted by Crippen LogP contribution is -2.53. The number of nitrogens with zero attached hydrogens (tertiary/aromatic N) is 5. The minimum absolute atomic E-state index is 0.00958. The molecule has 1 aliphatic carbocycles. The van der Waals surface area contributed by atoms with Gasteiger partial charge in [0.1, 0.15) is 22.7 Å². The molecule has 228 valence electrons. The Labute approximate surface area is 252 Å². The summed E-state index contributed by atoms with van der Waals surface area (Å²) in [6, 6.07) is 9.76. The number of nitrogens with one attached hydrogen (secondary N) is 1. The lowest BCUT2D eigenvalue weighted by molar-refractivity contribution is -0.0507. The predicted octanol–water partition coefficient (Wildman–Crippen LogP) is 6.12. The molecule has 4 aromatic rings. The van der Waals surface area contributed by atoms with Crippen LogP contribution in [0.4, 0.5) is 13.6 Å². The Kier molecular flexibility index (Phi) is 6.38. The fourth-order valence-electron chi connectivity index (χ4n) is 6.62. The number of ether oxygens (including phenoxy) is 2. The van der Waals surface area contributed by atoms with Crippen LogP contribution in [0.2, 0.25) is 0 Å². The lowest BCUT2D eigenvalue weighted by atomic mass is 9.76. The Hall–Kier alpha value is -4.61. The Morgan fingerprint density at radius 2 is 1.84 bits per heavy atom. The number of carbonyl (C=O) groups excluding carboxylic acids is 2. The molecule has 44 heavy (non-hydrogen) atoms. The minimum atomic E-state index is -3.03. The summed E-state index contributed by atoms with van der Waals surface area (Å²) in [4.78, 5) is 41.7. The Bertz CT molecular complexity index is 1800. The smallest absolute Gasteiger partial charge is 0.408 e. The average Bonchev–Trinajstić information content (AvgIpc) is 3.47. The zero-order valence-corrected chi connectivity index (χ0v) is 24.8. The van der Waals surface area contributed by atoms with Gasteiger partial charge in [0.15, 0.2) is 5.82 Å². The van der Waals surface area contributed by atoms with Crippen LogP contribution in [-0.4, -0.2) is 55.7 Å². The fraction of sp³-hybridized carbons (Fsp3) is 0.406. The topological polar surface area (TPSA) is 111 Å². The Morgan fingerprint density at radius 3 is 2.50 bits per heavy atom. The van der Waals surface area contributed by atoms with Crippen LogP contribution in [0, 0.1) is 0 Å². The number of carbonyl (C=O) groups is 2. The zero-order valence-electron chi connectivity index (χ0n) is 24.8. The summed E-state index contributed by atoms with van der Waals surface area (Å²) < 4.78 is 39.3. The van der Waals surface area contributed by atoms with Gasteiger partial charge in [0.2, 0.25) is 0 Å². The van der Waals surface area contributed by atoms with Gasteiger partial charge in [-0.1, -0.05) is 12.1 Å². The number of aromatic nitrogens is 4. The minimum Gasteiger partial charge on any atom is -0.444 e. The quantitative estimate of drug-likeness (QED) is 0.293. The first-order chi connectivity index (χ1) is 20.9. The van der Waals surface area contributed by atoms with E-state index in [-0.39, 0.29) is 17.7 Å². The molecule has 2 aromatic carbocycles. The van der Waals surface area contributed by atoms with Crippen LogP contribution in [0.1, 0.15) is 86.1 Å². The van der Waals surface area contributed by atoms with E-state index in [1.807, 2.05) is 43.5 Å². The van der Waals surface area contributed by atoms with Gasteiger partial charge in [-0.2, -0.15) is 8.78 Å². The van der Waals surface area contributed by atoms with Crippen LogP contribution >= 0.6 is 0 Å². The van der Waals surface area contributed by atoms with Crippen LogP contribution in [0.3, 0.4) is 0 Å². The summed E-state index contributed by atoms with van der Waals surface area (Å²) in [5.41, 5.74) is 2.64. The number of alkyl carbamates (subject to hydrolysis) is 1. The molecule has 0 saturated heterocycles. The van der Waals surface area contributed by atoms with Crippen molar-refractivity contribution in [2.45, 2.75) is 76.3 Å². The molecule has 7 rings (SSSR count). The van der Waals surface area contributed by atoms with E-state index in [2.05, 4.69) is 15.3 Å². The third kappa shape index (κ3) is 4.54. The third-order valence-electron chi connectivity index (χ3n) is 8.77. The second kappa shape index (κ2) is 9.96. The molecule has 2 aromatic heterocycles. The second-order valence-corrected chi connectivity index (χ2v) is 12.7. The summed E-state index contributed by atoms with van der Waals surface area (Å²) in [5, 5.41) is 2.99. The van der Waals surface area contributed by atoms with Crippen molar-refractivity contribution in [3.05, 3.63) is 71.6 Å². The van der Waals surface area contributed by atoms with E-state index in [9.17, 15) is 18.4 Å². The Morgan fingerprint density at radius 1 is 1.09 bits per heavy atom. The van der Waals surface area contributed by atoms with E-state index in [0.29, 0.717) is 29.2 Å². The molecule has 0 unspecified atom stereocenters. The van der Waals surface area contributed by atoms with Gasteiger partial charge in [-0.25, -0.2) is 19.7 Å². The van der Waals surface area contributed by atoms with Gasteiger partial charge in [0.05, 0.1) is 23.1 Å². The molecule has 2 bridgehead atoms. The molecule has 2 atom stereocenters. The fourth-order valence-corrected chi connectivity index (χ4v) is 6.62. The number of amides is 2. The van der Waals surface area contributed by atoms with E-state index in [1.54, 1.807) is 36.5 Å². The van der Waals surface area contributed by atoms with Crippen LogP contribution in [0.25, 0.3) is 22.2 Å². The van der Waals surface area contributed by atoms with Crippen LogP contribution < -0.4 is 10.1 Å². The molecular formula is C32H32F2N6O4. The number of alkyl halides is 2. The number of halogens is 2. The highest BCUT2D eigenvalue weighted by Gasteiger charge is 2.46. The first-order valence-electron chi connectivity index (χ1n) is 14.6. The maximum Gasteiger partial charge on any atom is 0.408 e. The highest BCUT2D eigenvalue weighted by atomic mass is 19.3. The van der Waals surface area contributed by atoms with Crippen LogP contribution in [-0.2, 0) is 10.3 Å². The van der Waals surface area contributed by atoms with Crippen molar-refractivity contribution in [3.8, 4) is 16.9 Å². The summed E-state index contributed by atoms with van der Waals surface area (Å²) in [5.74, 6) is 0.964. The molecule has 0 radical (unpaired) electrons. The summed E-state index contributed by atoms with van der Waals surface area (Å²) in [6.45, 7) is 2.43. The van der Waals surface area contributed by atoms with Crippen LogP contribution in [0.5, 0.6) is 5.75 Å². The van der Waals surface area contributed by atoms with Gasteiger partial charge in [0.25, 0.3) is 5.91 Å². The highest BCUT2D eigenvalue weighted by Crippen LogP contribution is 2.50. The molecule has 2 amide bonds. The maximum absolute atomic E-state index is 13.4. The zero-order chi connectivity index (χ0) is 31.0. The number of hydrogen-bond donors (Lipinski definition) is 1. The van der Waals surface area contributed by atoms with E-state index >= 15 is 0 Å². The van der Waals surface area contributed by atoms with E-state index in [0.717, 1.165) is 41.4 Å². The summed E-state index contributed by atoms with van der Waals surface area (Å²) >= 11 is 0. The van der Waals surface area contributed by atoms with Crippen molar-refractivity contribution in [1.29, 1.82) is 0 Å². The number of benzene rings is 2. The van der Waals surface area contributed by atoms with Crippen molar-refractivity contribution >= 4 is 23.0 Å². The second-order valence-electron chi connectivity index (χ2n) is 12.7. The molecule has 1 saturated carbocycles. The first kappa shape index (κ1) is 28.2. The third-order valence-corrected chi connectivity index (χ3v) is 8.77. The van der Waals surface area contributed by atoms with E-state index < -0.39 is 29.9 Å². The van der Waals surface area contributed by atoms with Crippen molar-refractivity contribution in [2.75, 3.05) is 7.05 Å². The molecule has 4 heterocycles. The predicted molar refractivity (Wildman–Crippen MR) is 156 cm³/mol. The molecular weight excluding hydrogens is 570 g/mol. The largest absolute Gasteiger partial charge is 0.444 e. The Balaban J connectivity index is 1.25. The maximum atomic E-state index is 13.4. The van der Waals surface area contributed by atoms with E-state index in [4.69, 9.17) is 14.5 Å². The number of hydrogen-bond acceptors (Lipinski definition) is 7. The van der Waals surface area contributed by atoms with Crippen molar-refractivity contribution in [1.82, 2.24) is 29.7 Å². The number of fused-ring (bicyclic) bond motifs is 9. The average molecular weight is 603 g/mol. The van der Waals surface area contributed by atoms with Gasteiger partial charge in [0, 0.05) is 42.6 Å². The normalized spacial score (nSPS) is 20.2. The van der Waals surface area contributed by atoms with Gasteiger partial charge in [-0.05, 0) is 69.9 Å². The number of rotatable bonds is 5. The van der Waals surface area contributed by atoms with E-state index in [1.165, 1.54) is 6.07 Å². The SMILES string of the molecule is CN1C(=O)c2cccc(OC(F)F)c2[C@H]2C[C@@H]1c1nc3ccc(-c4cnc(C5(NC(=O)OC(C)(C)C)CCC5)nc4)cc3n12. The van der Waals surface area contributed by atoms with Crippen molar-refractivity contribution in [2.24, 2.45) is 0 Å². The molecule has 1 N–H and O–H groups in total. The van der Waals surface area contributed by atoms with Gasteiger partial charge < -0.3 is 24.3 Å². The van der Waals surface area contributed by atoms with Crippen LogP contribution in [0.15, 0.2) is 48.8 Å². The van der Waals surface area contributed by atoms with Crippen molar-refractivity contribution < 1.29 is 27.8 Å². The summed E-state index contributed by atoms with van der Waals surface area (Å²) in [6.07, 6.45) is 5.85. The van der Waals surface area contributed by atoms with Crippen molar-refractivity contribution in [3.63, 3.8) is 0 Å². The molecule has 12 heteroatoms. The summed E-state index contributed by atoms with van der Waals surface area (Å²) in [7, 11) is 1.71. The lowest BCUT2D eigenvalue weighted by Gasteiger charge is -2.41. The molecule has 0 spiro atoms. The first-order valence-corrected chi connectivity index (χ1v) is 14.6. The highest BCUT2D eigenvalue weighted by molar-refractivity contribution is 5.98.